The molecular formula is C20H20F2N2O2. The number of carbonyl (C=O) groups excluding carboxylic acids is 2. The van der Waals surface area contributed by atoms with E-state index in [9.17, 15) is 18.4 Å². The summed E-state index contributed by atoms with van der Waals surface area (Å²) < 4.78 is 26.5. The SMILES string of the molecule is Cc1cccc2c1N(C(=O)CCNC(=O)c1ccc(F)cc1F)CCC2. The van der Waals surface area contributed by atoms with Gasteiger partial charge in [-0.15, -0.1) is 0 Å². The normalized spacial score (nSPS) is 13.3. The van der Waals surface area contributed by atoms with Gasteiger partial charge in [0.05, 0.1) is 5.56 Å². The number of aryl methyl sites for hydroxylation is 2. The van der Waals surface area contributed by atoms with Crippen LogP contribution in [0.3, 0.4) is 0 Å². The van der Waals surface area contributed by atoms with E-state index in [0.717, 1.165) is 41.8 Å². The van der Waals surface area contributed by atoms with Gasteiger partial charge in [0.25, 0.3) is 5.91 Å². The van der Waals surface area contributed by atoms with Crippen LogP contribution in [0.5, 0.6) is 0 Å². The number of rotatable bonds is 4. The van der Waals surface area contributed by atoms with Crippen molar-refractivity contribution in [3.63, 3.8) is 0 Å². The average Bonchev–Trinajstić information content (AvgIpc) is 2.61. The molecule has 2 aromatic rings. The third-order valence-electron chi connectivity index (χ3n) is 4.52. The third-order valence-corrected chi connectivity index (χ3v) is 4.52. The largest absolute Gasteiger partial charge is 0.351 e. The minimum Gasteiger partial charge on any atom is -0.351 e. The van der Waals surface area contributed by atoms with Crippen molar-refractivity contribution in [2.45, 2.75) is 26.2 Å². The Morgan fingerprint density at radius 1 is 1.19 bits per heavy atom. The summed E-state index contributed by atoms with van der Waals surface area (Å²) in [5.74, 6) is -2.41. The summed E-state index contributed by atoms with van der Waals surface area (Å²) in [6.07, 6.45) is 1.96. The number of nitrogens with one attached hydrogen (secondary N) is 1. The third kappa shape index (κ3) is 3.74. The smallest absolute Gasteiger partial charge is 0.254 e. The lowest BCUT2D eigenvalue weighted by Gasteiger charge is -2.31. The number of nitrogens with zero attached hydrogens (tertiary/aromatic N) is 1. The minimum absolute atomic E-state index is 0.0832. The molecule has 1 aliphatic rings. The van der Waals surface area contributed by atoms with Crippen LogP contribution in [0.15, 0.2) is 36.4 Å². The molecule has 0 unspecified atom stereocenters. The van der Waals surface area contributed by atoms with Crippen molar-refractivity contribution in [3.8, 4) is 0 Å². The molecule has 2 aromatic carbocycles. The first-order chi connectivity index (χ1) is 12.5. The molecular weight excluding hydrogens is 338 g/mol. The number of amides is 2. The first-order valence-corrected chi connectivity index (χ1v) is 8.59. The van der Waals surface area contributed by atoms with Crippen LogP contribution in [0.2, 0.25) is 0 Å². The van der Waals surface area contributed by atoms with Gasteiger partial charge < -0.3 is 10.2 Å². The van der Waals surface area contributed by atoms with Crippen molar-refractivity contribution in [2.75, 3.05) is 18.0 Å². The fraction of sp³-hybridized carbons (Fsp3) is 0.300. The average molecular weight is 358 g/mol. The van der Waals surface area contributed by atoms with Crippen molar-refractivity contribution in [2.24, 2.45) is 0 Å². The molecule has 0 saturated carbocycles. The van der Waals surface area contributed by atoms with Gasteiger partial charge >= 0.3 is 0 Å². The molecule has 0 bridgehead atoms. The molecule has 2 amide bonds. The number of carbonyl (C=O) groups is 2. The molecule has 1 N–H and O–H groups in total. The maximum Gasteiger partial charge on any atom is 0.254 e. The summed E-state index contributed by atoms with van der Waals surface area (Å²) in [6.45, 7) is 2.72. The summed E-state index contributed by atoms with van der Waals surface area (Å²) in [4.78, 5) is 26.3. The number of para-hydroxylation sites is 1. The molecule has 0 aliphatic carbocycles. The van der Waals surface area contributed by atoms with Crippen LogP contribution < -0.4 is 10.2 Å². The molecule has 3 rings (SSSR count). The summed E-state index contributed by atoms with van der Waals surface area (Å²) in [5, 5.41) is 2.52. The monoisotopic (exact) mass is 358 g/mol. The van der Waals surface area contributed by atoms with E-state index in [1.54, 1.807) is 4.90 Å². The lowest BCUT2D eigenvalue weighted by atomic mass is 9.98. The molecule has 0 fully saturated rings. The Morgan fingerprint density at radius 2 is 2.00 bits per heavy atom. The summed E-state index contributed by atoms with van der Waals surface area (Å²) in [7, 11) is 0. The highest BCUT2D eigenvalue weighted by atomic mass is 19.1. The van der Waals surface area contributed by atoms with Crippen LogP contribution in [0, 0.1) is 18.6 Å². The maximum atomic E-state index is 13.6. The van der Waals surface area contributed by atoms with E-state index in [2.05, 4.69) is 5.32 Å². The first-order valence-electron chi connectivity index (χ1n) is 8.59. The second kappa shape index (κ2) is 7.64. The second-order valence-electron chi connectivity index (χ2n) is 6.36. The van der Waals surface area contributed by atoms with Gasteiger partial charge in [0.2, 0.25) is 5.91 Å². The number of halogens is 2. The Hall–Kier alpha value is -2.76. The van der Waals surface area contributed by atoms with E-state index < -0.39 is 17.5 Å². The molecule has 6 heteroatoms. The van der Waals surface area contributed by atoms with Crippen molar-refractivity contribution in [1.29, 1.82) is 0 Å². The van der Waals surface area contributed by atoms with Gasteiger partial charge in [-0.05, 0) is 43.0 Å². The van der Waals surface area contributed by atoms with Gasteiger partial charge in [-0.2, -0.15) is 0 Å². The quantitative estimate of drug-likeness (QED) is 0.911. The lowest BCUT2D eigenvalue weighted by molar-refractivity contribution is -0.118. The number of fused-ring (bicyclic) bond motifs is 1. The molecule has 0 atom stereocenters. The van der Waals surface area contributed by atoms with Gasteiger partial charge in [0.15, 0.2) is 0 Å². The predicted molar refractivity (Wildman–Crippen MR) is 95.2 cm³/mol. The molecule has 26 heavy (non-hydrogen) atoms. The molecule has 0 radical (unpaired) electrons. The Balaban J connectivity index is 1.61. The van der Waals surface area contributed by atoms with E-state index in [1.165, 1.54) is 0 Å². The van der Waals surface area contributed by atoms with Crippen LogP contribution in [0.25, 0.3) is 0 Å². The molecule has 1 aliphatic heterocycles. The van der Waals surface area contributed by atoms with E-state index in [-0.39, 0.29) is 24.4 Å². The van der Waals surface area contributed by atoms with Crippen molar-refractivity contribution in [1.82, 2.24) is 5.32 Å². The number of hydrogen-bond donors (Lipinski definition) is 1. The van der Waals surface area contributed by atoms with Crippen molar-refractivity contribution < 1.29 is 18.4 Å². The van der Waals surface area contributed by atoms with Crippen LogP contribution in [0.4, 0.5) is 14.5 Å². The molecule has 1 heterocycles. The zero-order valence-corrected chi connectivity index (χ0v) is 14.5. The van der Waals surface area contributed by atoms with E-state index in [0.29, 0.717) is 12.6 Å². The Kier molecular flexibility index (Phi) is 5.30. The lowest BCUT2D eigenvalue weighted by Crippen LogP contribution is -2.38. The molecule has 0 spiro atoms. The topological polar surface area (TPSA) is 49.4 Å². The van der Waals surface area contributed by atoms with Crippen LogP contribution in [-0.4, -0.2) is 24.9 Å². The van der Waals surface area contributed by atoms with Gasteiger partial charge in [0.1, 0.15) is 11.6 Å². The maximum absolute atomic E-state index is 13.6. The molecule has 0 saturated heterocycles. The van der Waals surface area contributed by atoms with Crippen molar-refractivity contribution >= 4 is 17.5 Å². The highest BCUT2D eigenvalue weighted by Gasteiger charge is 2.23. The summed E-state index contributed by atoms with van der Waals surface area (Å²) in [5.41, 5.74) is 2.92. The summed E-state index contributed by atoms with van der Waals surface area (Å²) >= 11 is 0. The molecule has 0 aromatic heterocycles. The Morgan fingerprint density at radius 3 is 2.77 bits per heavy atom. The number of benzene rings is 2. The minimum atomic E-state index is -0.922. The van der Waals surface area contributed by atoms with Crippen LogP contribution >= 0.6 is 0 Å². The van der Waals surface area contributed by atoms with Crippen LogP contribution in [0.1, 0.15) is 34.3 Å². The zero-order valence-electron chi connectivity index (χ0n) is 14.5. The van der Waals surface area contributed by atoms with E-state index >= 15 is 0 Å². The van der Waals surface area contributed by atoms with Crippen LogP contribution in [-0.2, 0) is 11.2 Å². The predicted octanol–water partition coefficient (Wildman–Crippen LogP) is 3.37. The second-order valence-corrected chi connectivity index (χ2v) is 6.36. The Bertz CT molecular complexity index is 852. The Labute approximate surface area is 150 Å². The molecule has 4 nitrogen and oxygen atoms in total. The number of anilines is 1. The van der Waals surface area contributed by atoms with Gasteiger partial charge in [-0.1, -0.05) is 18.2 Å². The van der Waals surface area contributed by atoms with E-state index in [4.69, 9.17) is 0 Å². The highest BCUT2D eigenvalue weighted by molar-refractivity contribution is 5.97. The van der Waals surface area contributed by atoms with Gasteiger partial charge in [-0.3, -0.25) is 9.59 Å². The van der Waals surface area contributed by atoms with Crippen molar-refractivity contribution in [3.05, 3.63) is 64.7 Å². The van der Waals surface area contributed by atoms with Gasteiger partial charge in [0, 0.05) is 31.3 Å². The highest BCUT2D eigenvalue weighted by Crippen LogP contribution is 2.30. The standard InChI is InChI=1S/C20H20F2N2O2/c1-13-4-2-5-14-6-3-11-24(19(13)14)18(25)9-10-23-20(26)16-8-7-15(21)12-17(16)22/h2,4-5,7-8,12H,3,6,9-11H2,1H3,(H,23,26). The zero-order chi connectivity index (χ0) is 18.7. The van der Waals surface area contributed by atoms with Gasteiger partial charge in [-0.25, -0.2) is 8.78 Å². The number of hydrogen-bond acceptors (Lipinski definition) is 2. The van der Waals surface area contributed by atoms with E-state index in [1.807, 2.05) is 25.1 Å². The fourth-order valence-corrected chi connectivity index (χ4v) is 3.28. The fourth-order valence-electron chi connectivity index (χ4n) is 3.28. The first kappa shape index (κ1) is 18.0. The summed E-state index contributed by atoms with van der Waals surface area (Å²) in [6, 6.07) is 8.76. The molecule has 136 valence electrons.